The number of sulfonamides is 1. The summed E-state index contributed by atoms with van der Waals surface area (Å²) in [5, 5.41) is 0. The third-order valence-electron chi connectivity index (χ3n) is 2.61. The monoisotopic (exact) mass is 257 g/mol. The maximum Gasteiger partial charge on any atom is 0.243 e. The van der Waals surface area contributed by atoms with Crippen LogP contribution >= 0.6 is 0 Å². The molecule has 1 aromatic rings. The van der Waals surface area contributed by atoms with E-state index in [1.807, 2.05) is 13.0 Å². The van der Waals surface area contributed by atoms with Crippen molar-refractivity contribution in [3.63, 3.8) is 0 Å². The van der Waals surface area contributed by atoms with Gasteiger partial charge < -0.3 is 4.74 Å². The van der Waals surface area contributed by atoms with E-state index in [0.717, 1.165) is 5.56 Å². The van der Waals surface area contributed by atoms with E-state index in [1.165, 1.54) is 4.31 Å². The Balaban J connectivity index is 3.05. The summed E-state index contributed by atoms with van der Waals surface area (Å²) in [7, 11) is -1.84. The van der Waals surface area contributed by atoms with Gasteiger partial charge in [0.15, 0.2) is 0 Å². The first-order chi connectivity index (χ1) is 8.04. The van der Waals surface area contributed by atoms with Crippen LogP contribution in [-0.4, -0.2) is 39.5 Å². The SMILES string of the molecule is CCN(CCOC)S(=O)(=O)c1ccccc1C. The predicted molar refractivity (Wildman–Crippen MR) is 67.5 cm³/mol. The van der Waals surface area contributed by atoms with Gasteiger partial charge in [0.2, 0.25) is 10.0 Å². The Morgan fingerprint density at radius 3 is 2.47 bits per heavy atom. The third kappa shape index (κ3) is 3.28. The number of rotatable bonds is 6. The van der Waals surface area contributed by atoms with Crippen molar-refractivity contribution < 1.29 is 13.2 Å². The molecule has 0 fully saturated rings. The van der Waals surface area contributed by atoms with Crippen LogP contribution in [0.4, 0.5) is 0 Å². The zero-order valence-electron chi connectivity index (χ0n) is 10.5. The van der Waals surface area contributed by atoms with Gasteiger partial charge in [-0.1, -0.05) is 25.1 Å². The molecule has 1 aromatic carbocycles. The maximum atomic E-state index is 12.4. The highest BCUT2D eigenvalue weighted by atomic mass is 32.2. The van der Waals surface area contributed by atoms with Crippen molar-refractivity contribution in [3.8, 4) is 0 Å². The molecule has 0 radical (unpaired) electrons. The van der Waals surface area contributed by atoms with Gasteiger partial charge in [-0.05, 0) is 18.6 Å². The highest BCUT2D eigenvalue weighted by molar-refractivity contribution is 7.89. The summed E-state index contributed by atoms with van der Waals surface area (Å²) in [5.41, 5.74) is 0.767. The molecule has 1 rings (SSSR count). The Kier molecular flexibility index (Phi) is 5.11. The minimum Gasteiger partial charge on any atom is -0.383 e. The van der Waals surface area contributed by atoms with Crippen LogP contribution in [0.1, 0.15) is 12.5 Å². The second-order valence-electron chi connectivity index (χ2n) is 3.76. The van der Waals surface area contributed by atoms with Crippen LogP contribution in [-0.2, 0) is 14.8 Å². The lowest BCUT2D eigenvalue weighted by atomic mass is 10.2. The molecule has 0 amide bonds. The second kappa shape index (κ2) is 6.14. The zero-order chi connectivity index (χ0) is 12.9. The molecule has 0 saturated heterocycles. The molecule has 0 unspecified atom stereocenters. The fourth-order valence-corrected chi connectivity index (χ4v) is 3.28. The standard InChI is InChI=1S/C12H19NO3S/c1-4-13(9-10-16-3)17(14,15)12-8-6-5-7-11(12)2/h5-8H,4,9-10H2,1-3H3. The van der Waals surface area contributed by atoms with Gasteiger partial charge in [-0.25, -0.2) is 8.42 Å². The molecule has 5 heteroatoms. The number of ether oxygens (including phenoxy) is 1. The van der Waals surface area contributed by atoms with Gasteiger partial charge in [0.1, 0.15) is 0 Å². The van der Waals surface area contributed by atoms with Gasteiger partial charge in [-0.2, -0.15) is 4.31 Å². The van der Waals surface area contributed by atoms with E-state index in [-0.39, 0.29) is 0 Å². The maximum absolute atomic E-state index is 12.4. The molecule has 0 aromatic heterocycles. The molecule has 4 nitrogen and oxygen atoms in total. The molecule has 0 heterocycles. The van der Waals surface area contributed by atoms with Gasteiger partial charge >= 0.3 is 0 Å². The topological polar surface area (TPSA) is 46.6 Å². The number of likely N-dealkylation sites (N-methyl/N-ethyl adjacent to an activating group) is 1. The lowest BCUT2D eigenvalue weighted by Gasteiger charge is -2.21. The first-order valence-corrected chi connectivity index (χ1v) is 7.02. The fourth-order valence-electron chi connectivity index (χ4n) is 1.63. The zero-order valence-corrected chi connectivity index (χ0v) is 11.3. The molecular formula is C12H19NO3S. The van der Waals surface area contributed by atoms with Crippen LogP contribution in [0, 0.1) is 6.92 Å². The van der Waals surface area contributed by atoms with Crippen molar-refractivity contribution in [2.45, 2.75) is 18.7 Å². The molecule has 17 heavy (non-hydrogen) atoms. The van der Waals surface area contributed by atoms with Gasteiger partial charge in [-0.3, -0.25) is 0 Å². The molecule has 0 N–H and O–H groups in total. The van der Waals surface area contributed by atoms with E-state index in [9.17, 15) is 8.42 Å². The van der Waals surface area contributed by atoms with Crippen molar-refractivity contribution in [2.75, 3.05) is 26.8 Å². The summed E-state index contributed by atoms with van der Waals surface area (Å²) in [6.45, 7) is 4.85. The van der Waals surface area contributed by atoms with E-state index in [0.29, 0.717) is 24.6 Å². The third-order valence-corrected chi connectivity index (χ3v) is 4.74. The molecule has 0 saturated carbocycles. The average Bonchev–Trinajstić information content (AvgIpc) is 2.30. The number of methoxy groups -OCH3 is 1. The van der Waals surface area contributed by atoms with E-state index >= 15 is 0 Å². The lowest BCUT2D eigenvalue weighted by molar-refractivity contribution is 0.180. The van der Waals surface area contributed by atoms with Crippen molar-refractivity contribution in [2.24, 2.45) is 0 Å². The average molecular weight is 257 g/mol. The molecule has 0 bridgehead atoms. The molecule has 0 aliphatic heterocycles. The van der Waals surface area contributed by atoms with Crippen LogP contribution < -0.4 is 0 Å². The summed E-state index contributed by atoms with van der Waals surface area (Å²) in [4.78, 5) is 0.373. The Bertz CT molecular complexity index is 457. The van der Waals surface area contributed by atoms with Gasteiger partial charge in [0.05, 0.1) is 11.5 Å². The van der Waals surface area contributed by atoms with E-state index < -0.39 is 10.0 Å². The summed E-state index contributed by atoms with van der Waals surface area (Å²) in [5.74, 6) is 0. The number of benzene rings is 1. The molecular weight excluding hydrogens is 238 g/mol. The highest BCUT2D eigenvalue weighted by Gasteiger charge is 2.23. The largest absolute Gasteiger partial charge is 0.383 e. The minimum atomic E-state index is -3.40. The van der Waals surface area contributed by atoms with Crippen LogP contribution in [0.5, 0.6) is 0 Å². The number of hydrogen-bond acceptors (Lipinski definition) is 3. The van der Waals surface area contributed by atoms with Crippen molar-refractivity contribution in [3.05, 3.63) is 29.8 Å². The Hall–Kier alpha value is -0.910. The van der Waals surface area contributed by atoms with Gasteiger partial charge in [-0.15, -0.1) is 0 Å². The summed E-state index contributed by atoms with van der Waals surface area (Å²) in [6, 6.07) is 7.01. The Labute approximate surface area is 103 Å². The van der Waals surface area contributed by atoms with Crippen molar-refractivity contribution in [1.82, 2.24) is 4.31 Å². The van der Waals surface area contributed by atoms with E-state index in [4.69, 9.17) is 4.74 Å². The van der Waals surface area contributed by atoms with E-state index in [2.05, 4.69) is 0 Å². The molecule has 0 spiro atoms. The van der Waals surface area contributed by atoms with Crippen LogP contribution in [0.2, 0.25) is 0 Å². The van der Waals surface area contributed by atoms with E-state index in [1.54, 1.807) is 32.2 Å². The van der Waals surface area contributed by atoms with Crippen LogP contribution in [0.3, 0.4) is 0 Å². The minimum absolute atomic E-state index is 0.373. The Morgan fingerprint density at radius 2 is 1.94 bits per heavy atom. The first-order valence-electron chi connectivity index (χ1n) is 5.58. The molecule has 0 aliphatic carbocycles. The van der Waals surface area contributed by atoms with Crippen molar-refractivity contribution >= 4 is 10.0 Å². The highest BCUT2D eigenvalue weighted by Crippen LogP contribution is 2.18. The smallest absolute Gasteiger partial charge is 0.243 e. The predicted octanol–water partition coefficient (Wildman–Crippen LogP) is 1.65. The molecule has 0 atom stereocenters. The lowest BCUT2D eigenvalue weighted by Crippen LogP contribution is -2.34. The molecule has 96 valence electrons. The normalized spacial score (nSPS) is 12.0. The van der Waals surface area contributed by atoms with Gasteiger partial charge in [0, 0.05) is 20.2 Å². The summed E-state index contributed by atoms with van der Waals surface area (Å²) >= 11 is 0. The van der Waals surface area contributed by atoms with Crippen LogP contribution in [0.15, 0.2) is 29.2 Å². The van der Waals surface area contributed by atoms with Gasteiger partial charge in [0.25, 0.3) is 0 Å². The number of aryl methyl sites for hydroxylation is 1. The second-order valence-corrected chi connectivity index (χ2v) is 5.66. The quantitative estimate of drug-likeness (QED) is 0.778. The fraction of sp³-hybridized carbons (Fsp3) is 0.500. The van der Waals surface area contributed by atoms with Crippen molar-refractivity contribution in [1.29, 1.82) is 0 Å². The summed E-state index contributed by atoms with van der Waals surface area (Å²) < 4.78 is 31.1. The molecule has 0 aliphatic rings. The number of hydrogen-bond donors (Lipinski definition) is 0. The number of nitrogens with zero attached hydrogens (tertiary/aromatic N) is 1. The first kappa shape index (κ1) is 14.2. The summed E-state index contributed by atoms with van der Waals surface area (Å²) in [6.07, 6.45) is 0. The van der Waals surface area contributed by atoms with Crippen LogP contribution in [0.25, 0.3) is 0 Å². The Morgan fingerprint density at radius 1 is 1.29 bits per heavy atom.